The van der Waals surface area contributed by atoms with Crippen LogP contribution in [0.4, 0.5) is 0 Å². The highest BCUT2D eigenvalue weighted by Crippen LogP contribution is 2.10. The predicted molar refractivity (Wildman–Crippen MR) is 99.1 cm³/mol. The van der Waals surface area contributed by atoms with E-state index in [1.165, 1.54) is 0 Å². The van der Waals surface area contributed by atoms with E-state index in [4.69, 9.17) is 14.0 Å². The SMILES string of the molecule is CCCCCCCC(=O)OCC(OC(=O)CCCCCCC)S(=O)(=O)O. The Kier molecular flexibility index (Phi) is 14.3. The van der Waals surface area contributed by atoms with Crippen molar-refractivity contribution < 1.29 is 32.0 Å². The monoisotopic (exact) mass is 394 g/mol. The van der Waals surface area contributed by atoms with Crippen LogP contribution in [0.5, 0.6) is 0 Å². The van der Waals surface area contributed by atoms with Gasteiger partial charge in [-0.2, -0.15) is 8.42 Å². The van der Waals surface area contributed by atoms with Crippen LogP contribution >= 0.6 is 0 Å². The smallest absolute Gasteiger partial charge is 0.307 e. The Morgan fingerprint density at radius 2 is 1.27 bits per heavy atom. The number of carbonyl (C=O) groups is 2. The van der Waals surface area contributed by atoms with Gasteiger partial charge >= 0.3 is 22.1 Å². The molecule has 0 fully saturated rings. The summed E-state index contributed by atoms with van der Waals surface area (Å²) in [6.07, 6.45) is 9.66. The second-order valence-electron chi connectivity index (χ2n) is 6.45. The van der Waals surface area contributed by atoms with Crippen molar-refractivity contribution in [1.29, 1.82) is 0 Å². The molecule has 154 valence electrons. The van der Waals surface area contributed by atoms with Crippen LogP contribution < -0.4 is 0 Å². The lowest BCUT2D eigenvalue weighted by Crippen LogP contribution is -2.32. The molecule has 0 aliphatic rings. The standard InChI is InChI=1S/C18H34O7S/c1-3-5-7-9-11-13-16(19)24-15-18(26(21,22)23)25-17(20)14-12-10-8-6-4-2/h18H,3-15H2,1-2H3,(H,21,22,23). The summed E-state index contributed by atoms with van der Waals surface area (Å²) in [7, 11) is -4.65. The summed E-state index contributed by atoms with van der Waals surface area (Å²) < 4.78 is 41.4. The van der Waals surface area contributed by atoms with Gasteiger partial charge in [-0.05, 0) is 12.8 Å². The average molecular weight is 395 g/mol. The van der Waals surface area contributed by atoms with Crippen molar-refractivity contribution in [2.75, 3.05) is 6.61 Å². The van der Waals surface area contributed by atoms with E-state index >= 15 is 0 Å². The first-order valence-corrected chi connectivity index (χ1v) is 11.1. The first-order chi connectivity index (χ1) is 12.3. The molecule has 7 nitrogen and oxygen atoms in total. The van der Waals surface area contributed by atoms with Crippen molar-refractivity contribution >= 4 is 22.1 Å². The lowest BCUT2D eigenvalue weighted by molar-refractivity contribution is -0.154. The molecule has 0 saturated heterocycles. The van der Waals surface area contributed by atoms with Crippen molar-refractivity contribution in [1.82, 2.24) is 0 Å². The first-order valence-electron chi connectivity index (χ1n) is 9.62. The van der Waals surface area contributed by atoms with E-state index in [2.05, 4.69) is 13.8 Å². The Morgan fingerprint density at radius 3 is 1.73 bits per heavy atom. The topological polar surface area (TPSA) is 107 Å². The van der Waals surface area contributed by atoms with Gasteiger partial charge in [0.05, 0.1) is 0 Å². The molecular weight excluding hydrogens is 360 g/mol. The molecule has 0 aliphatic carbocycles. The molecule has 1 unspecified atom stereocenters. The number of hydrogen-bond acceptors (Lipinski definition) is 6. The third kappa shape index (κ3) is 14.1. The maximum Gasteiger partial charge on any atom is 0.307 e. The van der Waals surface area contributed by atoms with Gasteiger partial charge in [0.2, 0.25) is 0 Å². The van der Waals surface area contributed by atoms with Crippen LogP contribution in [0.15, 0.2) is 0 Å². The Morgan fingerprint density at radius 1 is 0.808 bits per heavy atom. The quantitative estimate of drug-likeness (QED) is 0.239. The highest BCUT2D eigenvalue weighted by molar-refractivity contribution is 7.86. The maximum atomic E-state index is 11.7. The van der Waals surface area contributed by atoms with Crippen LogP contribution in [0.2, 0.25) is 0 Å². The fraction of sp³-hybridized carbons (Fsp3) is 0.889. The molecule has 0 radical (unpaired) electrons. The van der Waals surface area contributed by atoms with Crippen LogP contribution in [-0.2, 0) is 29.2 Å². The zero-order chi connectivity index (χ0) is 19.8. The Hall–Kier alpha value is -1.15. The predicted octanol–water partition coefficient (Wildman–Crippen LogP) is 4.01. The number of unbranched alkanes of at least 4 members (excludes halogenated alkanes) is 8. The molecule has 0 aromatic rings. The number of hydrogen-bond donors (Lipinski definition) is 1. The molecule has 0 amide bonds. The lowest BCUT2D eigenvalue weighted by atomic mass is 10.1. The van der Waals surface area contributed by atoms with Crippen LogP contribution in [0.3, 0.4) is 0 Å². The minimum Gasteiger partial charge on any atom is -0.460 e. The summed E-state index contributed by atoms with van der Waals surface area (Å²) in [5, 5.41) is 0. The van der Waals surface area contributed by atoms with Crippen molar-refractivity contribution in [3.05, 3.63) is 0 Å². The van der Waals surface area contributed by atoms with E-state index in [0.717, 1.165) is 51.4 Å². The fourth-order valence-corrected chi connectivity index (χ4v) is 2.83. The van der Waals surface area contributed by atoms with Crippen LogP contribution in [-0.4, -0.2) is 37.0 Å². The highest BCUT2D eigenvalue weighted by Gasteiger charge is 2.28. The lowest BCUT2D eigenvalue weighted by Gasteiger charge is -2.15. The Labute approximate surface area is 157 Å². The summed E-state index contributed by atoms with van der Waals surface area (Å²) >= 11 is 0. The molecule has 0 heterocycles. The van der Waals surface area contributed by atoms with Gasteiger partial charge < -0.3 is 9.47 Å². The van der Waals surface area contributed by atoms with Crippen LogP contribution in [0.25, 0.3) is 0 Å². The number of rotatable bonds is 16. The molecule has 0 bridgehead atoms. The number of carbonyl (C=O) groups excluding carboxylic acids is 2. The molecular formula is C18H34O7S. The molecule has 0 saturated carbocycles. The zero-order valence-corrected chi connectivity index (χ0v) is 16.9. The van der Waals surface area contributed by atoms with Gasteiger partial charge in [0.15, 0.2) is 0 Å². The summed E-state index contributed by atoms with van der Waals surface area (Å²) in [6, 6.07) is 0. The minimum atomic E-state index is -4.65. The molecule has 1 N–H and O–H groups in total. The third-order valence-electron chi connectivity index (χ3n) is 3.94. The normalized spacial score (nSPS) is 12.6. The van der Waals surface area contributed by atoms with E-state index < -0.39 is 34.1 Å². The van der Waals surface area contributed by atoms with Crippen molar-refractivity contribution in [2.45, 2.75) is 96.3 Å². The van der Waals surface area contributed by atoms with E-state index in [-0.39, 0.29) is 12.8 Å². The number of ether oxygens (including phenoxy) is 2. The van der Waals surface area contributed by atoms with Crippen LogP contribution in [0, 0.1) is 0 Å². The third-order valence-corrected chi connectivity index (χ3v) is 4.84. The highest BCUT2D eigenvalue weighted by atomic mass is 32.2. The molecule has 0 aromatic heterocycles. The maximum absolute atomic E-state index is 11.7. The molecule has 0 spiro atoms. The van der Waals surface area contributed by atoms with Crippen molar-refractivity contribution in [2.24, 2.45) is 0 Å². The van der Waals surface area contributed by atoms with Gasteiger partial charge in [-0.1, -0.05) is 65.2 Å². The molecule has 0 rings (SSSR count). The second-order valence-corrected chi connectivity index (χ2v) is 8.00. The second kappa shape index (κ2) is 15.0. The zero-order valence-electron chi connectivity index (χ0n) is 16.1. The summed E-state index contributed by atoms with van der Waals surface area (Å²) in [6.45, 7) is 3.49. The van der Waals surface area contributed by atoms with Crippen molar-refractivity contribution in [3.63, 3.8) is 0 Å². The summed E-state index contributed by atoms with van der Waals surface area (Å²) in [5.41, 5.74) is -1.87. The van der Waals surface area contributed by atoms with Gasteiger partial charge in [-0.15, -0.1) is 0 Å². The van der Waals surface area contributed by atoms with Crippen LogP contribution in [0.1, 0.15) is 90.9 Å². The van der Waals surface area contributed by atoms with Crippen molar-refractivity contribution in [3.8, 4) is 0 Å². The van der Waals surface area contributed by atoms with Gasteiger partial charge in [-0.3, -0.25) is 14.1 Å². The molecule has 26 heavy (non-hydrogen) atoms. The van der Waals surface area contributed by atoms with E-state index in [1.807, 2.05) is 0 Å². The molecule has 0 aliphatic heterocycles. The summed E-state index contributed by atoms with van der Waals surface area (Å²) in [4.78, 5) is 23.3. The first kappa shape index (κ1) is 24.8. The van der Waals surface area contributed by atoms with Gasteiger partial charge in [0.25, 0.3) is 5.44 Å². The molecule has 1 atom stereocenters. The number of esters is 2. The minimum absolute atomic E-state index is 0.0705. The average Bonchev–Trinajstić information content (AvgIpc) is 2.57. The molecule has 0 aromatic carbocycles. The van der Waals surface area contributed by atoms with Gasteiger partial charge in [-0.25, -0.2) is 0 Å². The molecule has 8 heteroatoms. The van der Waals surface area contributed by atoms with E-state index in [9.17, 15) is 18.0 Å². The summed E-state index contributed by atoms with van der Waals surface area (Å²) in [5.74, 6) is -1.29. The Balaban J connectivity index is 4.17. The van der Waals surface area contributed by atoms with E-state index in [0.29, 0.717) is 12.8 Å². The Bertz CT molecular complexity index is 488. The van der Waals surface area contributed by atoms with E-state index in [1.54, 1.807) is 0 Å². The largest absolute Gasteiger partial charge is 0.460 e. The fourth-order valence-electron chi connectivity index (χ4n) is 2.37. The van der Waals surface area contributed by atoms with Gasteiger partial charge in [0.1, 0.15) is 6.61 Å². The van der Waals surface area contributed by atoms with Gasteiger partial charge in [0, 0.05) is 12.8 Å².